The largest absolute Gasteiger partial charge is 0.480 e. The summed E-state index contributed by atoms with van der Waals surface area (Å²) in [6.45, 7) is 3.74. The van der Waals surface area contributed by atoms with Gasteiger partial charge < -0.3 is 5.11 Å². The van der Waals surface area contributed by atoms with Gasteiger partial charge in [-0.05, 0) is 33.7 Å². The van der Waals surface area contributed by atoms with E-state index in [1.807, 2.05) is 13.8 Å². The van der Waals surface area contributed by atoms with Crippen LogP contribution in [0.2, 0.25) is 0 Å². The predicted molar refractivity (Wildman–Crippen MR) is 63.6 cm³/mol. The quantitative estimate of drug-likeness (QED) is 0.863. The highest BCUT2D eigenvalue weighted by atomic mass is 32.2. The summed E-state index contributed by atoms with van der Waals surface area (Å²) in [5, 5.41) is 19.9. The fourth-order valence-corrected chi connectivity index (χ4v) is 2.69. The summed E-state index contributed by atoms with van der Waals surface area (Å²) in [6, 6.07) is 0. The maximum atomic E-state index is 10.6. The lowest BCUT2D eigenvalue weighted by Gasteiger charge is -1.98. The van der Waals surface area contributed by atoms with Crippen LogP contribution in [-0.4, -0.2) is 40.6 Å². The first kappa shape index (κ1) is 12.9. The maximum Gasteiger partial charge on any atom is 0.325 e. The minimum Gasteiger partial charge on any atom is -0.480 e. The average Bonchev–Trinajstić information content (AvgIpc) is 2.89. The van der Waals surface area contributed by atoms with Gasteiger partial charge in [0, 0.05) is 5.92 Å². The second-order valence-corrected chi connectivity index (χ2v) is 5.65. The van der Waals surface area contributed by atoms with Crippen molar-refractivity contribution in [2.45, 2.75) is 35.8 Å². The number of rotatable bonds is 5. The van der Waals surface area contributed by atoms with Crippen LogP contribution >= 0.6 is 23.3 Å². The summed E-state index contributed by atoms with van der Waals surface area (Å²) >= 11 is 2.46. The Morgan fingerprint density at radius 2 is 2.33 bits per heavy atom. The van der Waals surface area contributed by atoms with Crippen LogP contribution < -0.4 is 0 Å². The van der Waals surface area contributed by atoms with Gasteiger partial charge in [-0.2, -0.15) is 4.37 Å². The zero-order valence-electron chi connectivity index (χ0n) is 9.64. The van der Waals surface area contributed by atoms with E-state index in [-0.39, 0.29) is 12.5 Å². The van der Waals surface area contributed by atoms with Gasteiger partial charge in [0.2, 0.25) is 5.16 Å². The molecule has 18 heavy (non-hydrogen) atoms. The molecule has 0 bridgehead atoms. The summed E-state index contributed by atoms with van der Waals surface area (Å²) in [5.74, 6) is 0.0228. The van der Waals surface area contributed by atoms with Crippen LogP contribution in [0.1, 0.15) is 25.6 Å². The van der Waals surface area contributed by atoms with Crippen molar-refractivity contribution >= 4 is 29.3 Å². The van der Waals surface area contributed by atoms with Gasteiger partial charge in [0.05, 0.1) is 0 Å². The molecule has 0 amide bonds. The van der Waals surface area contributed by atoms with E-state index >= 15 is 0 Å². The normalized spacial score (nSPS) is 11.1. The molecule has 0 saturated heterocycles. The number of nitrogens with zero attached hydrogens (tertiary/aromatic N) is 6. The molecule has 2 aromatic heterocycles. The molecule has 0 fully saturated rings. The molecule has 0 radical (unpaired) electrons. The van der Waals surface area contributed by atoms with Crippen molar-refractivity contribution in [2.75, 3.05) is 0 Å². The SMILES string of the molecule is CC(C)c1nsc(Sc2nnnn2CC(=O)O)n1. The van der Waals surface area contributed by atoms with Gasteiger partial charge in [-0.1, -0.05) is 13.8 Å². The lowest BCUT2D eigenvalue weighted by Crippen LogP contribution is -2.11. The average molecular weight is 286 g/mol. The molecule has 0 saturated carbocycles. The maximum absolute atomic E-state index is 10.6. The van der Waals surface area contributed by atoms with E-state index in [1.165, 1.54) is 28.0 Å². The Bertz CT molecular complexity index is 551. The molecular weight excluding hydrogens is 276 g/mol. The molecule has 2 rings (SSSR count). The predicted octanol–water partition coefficient (Wildman–Crippen LogP) is 0.884. The smallest absolute Gasteiger partial charge is 0.325 e. The highest BCUT2D eigenvalue weighted by Gasteiger charge is 2.14. The van der Waals surface area contributed by atoms with Crippen molar-refractivity contribution in [1.82, 2.24) is 29.6 Å². The number of aliphatic carboxylic acids is 1. The van der Waals surface area contributed by atoms with Crippen molar-refractivity contribution in [3.63, 3.8) is 0 Å². The number of carbonyl (C=O) groups is 1. The Morgan fingerprint density at radius 1 is 1.56 bits per heavy atom. The zero-order chi connectivity index (χ0) is 13.1. The van der Waals surface area contributed by atoms with Gasteiger partial charge in [-0.3, -0.25) is 4.79 Å². The monoisotopic (exact) mass is 286 g/mol. The topological polar surface area (TPSA) is 107 Å². The molecule has 0 unspecified atom stereocenters. The Hall–Kier alpha value is -1.55. The van der Waals surface area contributed by atoms with Crippen molar-refractivity contribution in [2.24, 2.45) is 0 Å². The number of tetrazole rings is 1. The summed E-state index contributed by atoms with van der Waals surface area (Å²) in [4.78, 5) is 14.9. The summed E-state index contributed by atoms with van der Waals surface area (Å²) in [5.41, 5.74) is 0. The minimum atomic E-state index is -0.996. The molecule has 0 aliphatic carbocycles. The molecule has 0 spiro atoms. The number of carboxylic acid groups (broad SMARTS) is 1. The molecule has 0 aliphatic rings. The fourth-order valence-electron chi connectivity index (χ4n) is 1.07. The van der Waals surface area contributed by atoms with Gasteiger partial charge in [0.1, 0.15) is 12.4 Å². The first-order chi connectivity index (χ1) is 8.56. The van der Waals surface area contributed by atoms with Crippen LogP contribution in [0.25, 0.3) is 0 Å². The second-order valence-electron chi connectivity index (χ2n) is 3.69. The molecule has 0 aliphatic heterocycles. The van der Waals surface area contributed by atoms with Gasteiger partial charge in [0.25, 0.3) is 0 Å². The van der Waals surface area contributed by atoms with E-state index in [1.54, 1.807) is 0 Å². The third kappa shape index (κ3) is 3.01. The van der Waals surface area contributed by atoms with Crippen LogP contribution in [-0.2, 0) is 11.3 Å². The van der Waals surface area contributed by atoms with Crippen LogP contribution in [0.4, 0.5) is 0 Å². The van der Waals surface area contributed by atoms with Crippen molar-refractivity contribution in [1.29, 1.82) is 0 Å². The van der Waals surface area contributed by atoms with Crippen molar-refractivity contribution in [3.8, 4) is 0 Å². The molecule has 0 aromatic carbocycles. The molecule has 2 heterocycles. The molecule has 1 N–H and O–H groups in total. The summed E-state index contributed by atoms with van der Waals surface area (Å²) < 4.78 is 6.11. The molecule has 8 nitrogen and oxygen atoms in total. The van der Waals surface area contributed by atoms with E-state index in [0.29, 0.717) is 9.50 Å². The number of carboxylic acids is 1. The standard InChI is InChI=1S/C8H10N6O2S2/c1-4(2)6-9-8(18-11-6)17-7-10-12-13-14(7)3-5(15)16/h4H,3H2,1-2H3,(H,15,16). The zero-order valence-corrected chi connectivity index (χ0v) is 11.3. The molecule has 96 valence electrons. The van der Waals surface area contributed by atoms with E-state index in [9.17, 15) is 4.79 Å². The Labute approximate surface area is 111 Å². The Balaban J connectivity index is 2.13. The minimum absolute atomic E-state index is 0.255. The van der Waals surface area contributed by atoms with Crippen molar-refractivity contribution < 1.29 is 9.90 Å². The first-order valence-corrected chi connectivity index (χ1v) is 6.64. The highest BCUT2D eigenvalue weighted by Crippen LogP contribution is 2.28. The number of hydrogen-bond donors (Lipinski definition) is 1. The van der Waals surface area contributed by atoms with E-state index in [2.05, 4.69) is 24.9 Å². The van der Waals surface area contributed by atoms with Gasteiger partial charge >= 0.3 is 5.97 Å². The lowest BCUT2D eigenvalue weighted by atomic mass is 10.2. The van der Waals surface area contributed by atoms with Gasteiger partial charge in [-0.15, -0.1) is 5.10 Å². The molecule has 2 aromatic rings. The van der Waals surface area contributed by atoms with Crippen LogP contribution in [0.15, 0.2) is 9.50 Å². The summed E-state index contributed by atoms with van der Waals surface area (Å²) in [6.07, 6.45) is 0. The Morgan fingerprint density at radius 3 is 2.94 bits per heavy atom. The first-order valence-electron chi connectivity index (χ1n) is 5.05. The molecule has 10 heteroatoms. The van der Waals surface area contributed by atoms with Crippen LogP contribution in [0.3, 0.4) is 0 Å². The number of hydrogen-bond acceptors (Lipinski definition) is 8. The third-order valence-electron chi connectivity index (χ3n) is 1.90. The van der Waals surface area contributed by atoms with Crippen LogP contribution in [0, 0.1) is 0 Å². The van der Waals surface area contributed by atoms with Crippen LogP contribution in [0.5, 0.6) is 0 Å². The van der Waals surface area contributed by atoms with E-state index in [4.69, 9.17) is 5.11 Å². The fraction of sp³-hybridized carbons (Fsp3) is 0.500. The lowest BCUT2D eigenvalue weighted by molar-refractivity contribution is -0.138. The number of aromatic nitrogens is 6. The van der Waals surface area contributed by atoms with E-state index in [0.717, 1.165) is 5.82 Å². The second kappa shape index (κ2) is 5.40. The van der Waals surface area contributed by atoms with Crippen molar-refractivity contribution in [3.05, 3.63) is 5.82 Å². The molecular formula is C8H10N6O2S2. The van der Waals surface area contributed by atoms with Gasteiger partial charge in [0.15, 0.2) is 4.34 Å². The molecule has 0 atom stereocenters. The van der Waals surface area contributed by atoms with Gasteiger partial charge in [-0.25, -0.2) is 9.67 Å². The third-order valence-corrected chi connectivity index (χ3v) is 3.64. The van der Waals surface area contributed by atoms with E-state index < -0.39 is 5.97 Å². The highest BCUT2D eigenvalue weighted by molar-refractivity contribution is 8.00. The summed E-state index contributed by atoms with van der Waals surface area (Å²) in [7, 11) is 0. The Kier molecular flexibility index (Phi) is 3.87.